The van der Waals surface area contributed by atoms with Crippen molar-refractivity contribution in [3.8, 4) is 0 Å². The SMILES string of the molecule is CCCCCCCCCCCCCCCCCCC(C)=P(c1ccccc1)(c1ccccc1)c1ccccc1. The standard InChI is InChI=1S/C38H55P/c1-3-4-5-6-7-8-9-10-11-12-13-14-15-16-17-21-28-35(2)39(36-29-22-18-23-30-36,37-31-24-19-25-32-37)38-33-26-20-27-34-38/h18-20,22-27,29-34H,3-17,21,28H2,1-2H3. The van der Waals surface area contributed by atoms with Gasteiger partial charge in [0.05, 0.1) is 0 Å². The number of hydrogen-bond donors (Lipinski definition) is 0. The summed E-state index contributed by atoms with van der Waals surface area (Å²) in [4.78, 5) is 0. The van der Waals surface area contributed by atoms with E-state index in [1.165, 1.54) is 125 Å². The molecule has 0 bridgehead atoms. The predicted molar refractivity (Wildman–Crippen MR) is 180 cm³/mol. The molecule has 212 valence electrons. The summed E-state index contributed by atoms with van der Waals surface area (Å²) in [6, 6.07) is 34.0. The normalized spacial score (nSPS) is 11.5. The topological polar surface area (TPSA) is 0 Å². The zero-order valence-electron chi connectivity index (χ0n) is 25.1. The molecule has 39 heavy (non-hydrogen) atoms. The van der Waals surface area contributed by atoms with Gasteiger partial charge in [0.25, 0.3) is 0 Å². The van der Waals surface area contributed by atoms with Crippen LogP contribution in [0.4, 0.5) is 0 Å². The van der Waals surface area contributed by atoms with Gasteiger partial charge in [-0.1, -0.05) is 200 Å². The molecule has 3 aromatic carbocycles. The van der Waals surface area contributed by atoms with E-state index in [1.807, 2.05) is 0 Å². The van der Waals surface area contributed by atoms with Crippen molar-refractivity contribution in [2.45, 2.75) is 123 Å². The smallest absolute Gasteiger partial charge is 0.0161 e. The summed E-state index contributed by atoms with van der Waals surface area (Å²) in [7, 11) is 0. The molecule has 3 aromatic rings. The highest BCUT2D eigenvalue weighted by Gasteiger charge is 2.27. The van der Waals surface area contributed by atoms with Gasteiger partial charge in [0.2, 0.25) is 0 Å². The van der Waals surface area contributed by atoms with Crippen molar-refractivity contribution < 1.29 is 0 Å². The Kier molecular flexibility index (Phi) is 15.4. The van der Waals surface area contributed by atoms with E-state index in [1.54, 1.807) is 5.29 Å². The second-order valence-electron chi connectivity index (χ2n) is 11.5. The Morgan fingerprint density at radius 2 is 0.692 bits per heavy atom. The van der Waals surface area contributed by atoms with Crippen LogP contribution in [0.2, 0.25) is 0 Å². The summed E-state index contributed by atoms with van der Waals surface area (Å²) < 4.78 is 0. The molecule has 0 amide bonds. The average Bonchev–Trinajstić information content (AvgIpc) is 2.99. The third-order valence-corrected chi connectivity index (χ3v) is 13.0. The second kappa shape index (κ2) is 19.1. The third-order valence-electron chi connectivity index (χ3n) is 8.40. The van der Waals surface area contributed by atoms with E-state index in [4.69, 9.17) is 0 Å². The summed E-state index contributed by atoms with van der Waals surface area (Å²) in [6.07, 6.45) is 24.0. The summed E-state index contributed by atoms with van der Waals surface area (Å²) in [5, 5.41) is 6.11. The van der Waals surface area contributed by atoms with Crippen LogP contribution in [-0.4, -0.2) is 5.29 Å². The lowest BCUT2D eigenvalue weighted by atomic mass is 10.0. The minimum Gasteiger partial charge on any atom is -0.0654 e. The van der Waals surface area contributed by atoms with Crippen LogP contribution in [0.25, 0.3) is 0 Å². The highest BCUT2D eigenvalue weighted by Crippen LogP contribution is 2.47. The van der Waals surface area contributed by atoms with Crippen molar-refractivity contribution in [1.82, 2.24) is 0 Å². The van der Waals surface area contributed by atoms with Crippen LogP contribution in [0, 0.1) is 0 Å². The lowest BCUT2D eigenvalue weighted by Gasteiger charge is -2.32. The molecule has 0 atom stereocenters. The Labute approximate surface area is 241 Å². The summed E-state index contributed by atoms with van der Waals surface area (Å²) >= 11 is 0. The zero-order valence-corrected chi connectivity index (χ0v) is 26.0. The van der Waals surface area contributed by atoms with E-state index in [9.17, 15) is 0 Å². The fourth-order valence-corrected chi connectivity index (χ4v) is 10.7. The van der Waals surface area contributed by atoms with Crippen molar-refractivity contribution in [2.75, 3.05) is 0 Å². The molecule has 0 radical (unpaired) electrons. The maximum atomic E-state index is 2.45. The van der Waals surface area contributed by atoms with Crippen LogP contribution in [0.5, 0.6) is 0 Å². The van der Waals surface area contributed by atoms with Crippen molar-refractivity contribution in [3.63, 3.8) is 0 Å². The van der Waals surface area contributed by atoms with E-state index in [0.29, 0.717) is 0 Å². The van der Waals surface area contributed by atoms with Crippen LogP contribution < -0.4 is 15.9 Å². The quantitative estimate of drug-likeness (QED) is 0.0984. The molecule has 0 aromatic heterocycles. The molecule has 3 rings (SSSR count). The third kappa shape index (κ3) is 10.1. The molecule has 0 nitrogen and oxygen atoms in total. The van der Waals surface area contributed by atoms with Gasteiger partial charge in [-0.2, -0.15) is 0 Å². The van der Waals surface area contributed by atoms with Crippen LogP contribution in [-0.2, 0) is 0 Å². The maximum Gasteiger partial charge on any atom is -0.0161 e. The molecule has 0 saturated heterocycles. The van der Waals surface area contributed by atoms with Gasteiger partial charge in [0.15, 0.2) is 0 Å². The van der Waals surface area contributed by atoms with Gasteiger partial charge in [0, 0.05) is 0 Å². The number of unbranched alkanes of at least 4 members (excludes halogenated alkanes) is 15. The van der Waals surface area contributed by atoms with Gasteiger partial charge in [-0.25, -0.2) is 0 Å². The van der Waals surface area contributed by atoms with Gasteiger partial charge >= 0.3 is 0 Å². The van der Waals surface area contributed by atoms with Gasteiger partial charge < -0.3 is 0 Å². The Morgan fingerprint density at radius 3 is 1.00 bits per heavy atom. The Hall–Kier alpha value is -2.04. The minimum absolute atomic E-state index is 1.21. The molecule has 1 heteroatoms. The van der Waals surface area contributed by atoms with E-state index >= 15 is 0 Å². The minimum atomic E-state index is -1.82. The first kappa shape index (κ1) is 31.5. The van der Waals surface area contributed by atoms with E-state index < -0.39 is 6.89 Å². The first-order chi connectivity index (χ1) is 19.3. The van der Waals surface area contributed by atoms with Crippen molar-refractivity contribution in [1.29, 1.82) is 0 Å². The van der Waals surface area contributed by atoms with Gasteiger partial charge in [0.1, 0.15) is 0 Å². The van der Waals surface area contributed by atoms with Crippen LogP contribution >= 0.6 is 6.89 Å². The number of rotatable bonds is 20. The Bertz CT molecular complexity index is 948. The molecule has 0 N–H and O–H groups in total. The second-order valence-corrected chi connectivity index (χ2v) is 15.1. The van der Waals surface area contributed by atoms with Crippen molar-refractivity contribution in [3.05, 3.63) is 91.0 Å². The maximum absolute atomic E-state index is 2.45. The van der Waals surface area contributed by atoms with Gasteiger partial charge in [-0.3, -0.25) is 0 Å². The molecule has 0 aliphatic rings. The summed E-state index contributed by atoms with van der Waals surface area (Å²) in [6.45, 7) is 2.93. The molecular formula is C38H55P. The highest BCUT2D eigenvalue weighted by molar-refractivity contribution is 7.95. The molecule has 0 heterocycles. The summed E-state index contributed by atoms with van der Waals surface area (Å²) in [5.74, 6) is 0. The number of benzene rings is 3. The predicted octanol–water partition coefficient (Wildman–Crippen LogP) is 10.8. The Morgan fingerprint density at radius 1 is 0.410 bits per heavy atom. The summed E-state index contributed by atoms with van der Waals surface area (Å²) in [5.41, 5.74) is 0. The first-order valence-electron chi connectivity index (χ1n) is 16.2. The van der Waals surface area contributed by atoms with Crippen LogP contribution in [0.15, 0.2) is 91.0 Å². The first-order valence-corrected chi connectivity index (χ1v) is 18.0. The van der Waals surface area contributed by atoms with Gasteiger partial charge in [-0.05, 0) is 42.6 Å². The van der Waals surface area contributed by atoms with Crippen LogP contribution in [0.3, 0.4) is 0 Å². The fourth-order valence-electron chi connectivity index (χ4n) is 6.16. The highest BCUT2D eigenvalue weighted by atomic mass is 31.2. The van der Waals surface area contributed by atoms with E-state index in [2.05, 4.69) is 105 Å². The van der Waals surface area contributed by atoms with Crippen LogP contribution in [0.1, 0.15) is 123 Å². The average molecular weight is 543 g/mol. The van der Waals surface area contributed by atoms with Crippen molar-refractivity contribution in [2.24, 2.45) is 0 Å². The lowest BCUT2D eigenvalue weighted by molar-refractivity contribution is 0.530. The molecule has 0 saturated carbocycles. The molecule has 0 spiro atoms. The largest absolute Gasteiger partial charge is 0.0654 e. The van der Waals surface area contributed by atoms with Gasteiger partial charge in [-0.15, -0.1) is 0 Å². The molecular weight excluding hydrogens is 487 g/mol. The van der Waals surface area contributed by atoms with Crippen molar-refractivity contribution >= 4 is 28.1 Å². The molecule has 0 aliphatic heterocycles. The van der Waals surface area contributed by atoms with E-state index in [0.717, 1.165) is 0 Å². The monoisotopic (exact) mass is 542 g/mol. The Balaban J connectivity index is 1.48. The lowest BCUT2D eigenvalue weighted by Crippen LogP contribution is -2.29. The van der Waals surface area contributed by atoms with E-state index in [-0.39, 0.29) is 0 Å². The number of hydrogen-bond acceptors (Lipinski definition) is 0. The molecule has 0 unspecified atom stereocenters. The fraction of sp³-hybridized carbons (Fsp3) is 0.500. The zero-order chi connectivity index (χ0) is 27.4. The molecule has 0 fully saturated rings. The molecule has 0 aliphatic carbocycles.